The van der Waals surface area contributed by atoms with Crippen molar-refractivity contribution in [2.24, 2.45) is 11.8 Å². The second kappa shape index (κ2) is 8.69. The molecule has 148 valence electrons. The number of anilines is 1. The number of carbonyl (C=O) groups excluding carboxylic acids is 2. The summed E-state index contributed by atoms with van der Waals surface area (Å²) in [6, 6.07) is 10.2. The van der Waals surface area contributed by atoms with Crippen molar-refractivity contribution in [1.82, 2.24) is 5.32 Å². The van der Waals surface area contributed by atoms with Crippen LogP contribution in [0.4, 0.5) is 14.5 Å². The van der Waals surface area contributed by atoms with Crippen molar-refractivity contribution in [2.75, 3.05) is 25.6 Å². The lowest BCUT2D eigenvalue weighted by atomic mass is 10.2. The maximum absolute atomic E-state index is 13.2. The molecular weight excluding hydrogens is 370 g/mol. The first-order valence-electron chi connectivity index (χ1n) is 8.78. The molecule has 28 heavy (non-hydrogen) atoms. The summed E-state index contributed by atoms with van der Waals surface area (Å²) in [6.45, 7) is 0.593. The molecule has 8 heteroatoms. The number of amides is 2. The molecule has 2 aromatic carbocycles. The molecule has 0 aliphatic heterocycles. The van der Waals surface area contributed by atoms with E-state index in [0.717, 1.165) is 17.9 Å². The highest BCUT2D eigenvalue weighted by Gasteiger charge is 2.47. The van der Waals surface area contributed by atoms with Gasteiger partial charge in [0.05, 0.1) is 25.5 Å². The molecule has 0 spiro atoms. The van der Waals surface area contributed by atoms with Crippen molar-refractivity contribution in [2.45, 2.75) is 6.42 Å². The molecule has 1 aliphatic carbocycles. The minimum absolute atomic E-state index is 0.155. The van der Waals surface area contributed by atoms with Crippen molar-refractivity contribution >= 4 is 17.5 Å². The summed E-state index contributed by atoms with van der Waals surface area (Å²) in [5.74, 6) is -2.17. The summed E-state index contributed by atoms with van der Waals surface area (Å²) in [5.41, 5.74) is 0.155. The Labute approximate surface area is 160 Å². The number of nitrogens with one attached hydrogen (secondary N) is 2. The fourth-order valence-electron chi connectivity index (χ4n) is 2.73. The van der Waals surface area contributed by atoms with E-state index in [0.29, 0.717) is 18.7 Å². The van der Waals surface area contributed by atoms with Gasteiger partial charge < -0.3 is 20.1 Å². The Bertz CT molecular complexity index is 858. The summed E-state index contributed by atoms with van der Waals surface area (Å²) in [6.07, 6.45) is 0.417. The normalized spacial score (nSPS) is 17.5. The van der Waals surface area contributed by atoms with Crippen LogP contribution in [-0.2, 0) is 9.59 Å². The molecule has 2 unspecified atom stereocenters. The summed E-state index contributed by atoms with van der Waals surface area (Å²) >= 11 is 0. The highest BCUT2D eigenvalue weighted by atomic mass is 19.2. The van der Waals surface area contributed by atoms with Gasteiger partial charge in [-0.1, -0.05) is 0 Å². The predicted molar refractivity (Wildman–Crippen MR) is 98.1 cm³/mol. The summed E-state index contributed by atoms with van der Waals surface area (Å²) in [5, 5.41) is 5.22. The zero-order valence-corrected chi connectivity index (χ0v) is 15.2. The molecule has 1 fully saturated rings. The molecule has 2 aromatic rings. The van der Waals surface area contributed by atoms with Gasteiger partial charge in [-0.3, -0.25) is 9.59 Å². The Morgan fingerprint density at radius 2 is 1.68 bits per heavy atom. The van der Waals surface area contributed by atoms with Gasteiger partial charge >= 0.3 is 0 Å². The van der Waals surface area contributed by atoms with Crippen LogP contribution in [0, 0.1) is 23.5 Å². The van der Waals surface area contributed by atoms with Gasteiger partial charge in [0.25, 0.3) is 0 Å². The molecule has 0 saturated heterocycles. The number of methoxy groups -OCH3 is 1. The van der Waals surface area contributed by atoms with Gasteiger partial charge in [-0.25, -0.2) is 8.78 Å². The average Bonchev–Trinajstić information content (AvgIpc) is 3.49. The van der Waals surface area contributed by atoms with E-state index < -0.39 is 23.5 Å². The van der Waals surface area contributed by atoms with Gasteiger partial charge in [0.2, 0.25) is 11.8 Å². The number of halogens is 2. The van der Waals surface area contributed by atoms with Crippen molar-refractivity contribution in [3.05, 3.63) is 54.1 Å². The zero-order chi connectivity index (χ0) is 20.1. The highest BCUT2D eigenvalue weighted by Crippen LogP contribution is 2.39. The van der Waals surface area contributed by atoms with E-state index in [9.17, 15) is 18.4 Å². The minimum Gasteiger partial charge on any atom is -0.497 e. The van der Waals surface area contributed by atoms with Crippen LogP contribution in [0.1, 0.15) is 6.42 Å². The molecular formula is C20H20F2N2O4. The fourth-order valence-corrected chi connectivity index (χ4v) is 2.73. The molecule has 6 nitrogen and oxygen atoms in total. The van der Waals surface area contributed by atoms with Gasteiger partial charge in [0.15, 0.2) is 11.6 Å². The molecule has 0 radical (unpaired) electrons. The van der Waals surface area contributed by atoms with Crippen LogP contribution in [-0.4, -0.2) is 32.1 Å². The van der Waals surface area contributed by atoms with Crippen LogP contribution < -0.4 is 20.1 Å². The van der Waals surface area contributed by atoms with Crippen LogP contribution in [0.2, 0.25) is 0 Å². The van der Waals surface area contributed by atoms with Gasteiger partial charge in [0.1, 0.15) is 18.1 Å². The third-order valence-corrected chi connectivity index (χ3v) is 4.38. The third kappa shape index (κ3) is 4.97. The summed E-state index contributed by atoms with van der Waals surface area (Å²) < 4.78 is 36.7. The number of benzene rings is 2. The topological polar surface area (TPSA) is 76.7 Å². The lowest BCUT2D eigenvalue weighted by Gasteiger charge is -2.08. The van der Waals surface area contributed by atoms with E-state index in [-0.39, 0.29) is 24.1 Å². The van der Waals surface area contributed by atoms with Crippen LogP contribution in [0.3, 0.4) is 0 Å². The minimum atomic E-state index is -1.04. The van der Waals surface area contributed by atoms with Crippen molar-refractivity contribution < 1.29 is 27.8 Å². The lowest BCUT2D eigenvalue weighted by molar-refractivity contribution is -0.125. The van der Waals surface area contributed by atoms with E-state index >= 15 is 0 Å². The quantitative estimate of drug-likeness (QED) is 0.680. The van der Waals surface area contributed by atoms with Crippen LogP contribution in [0.25, 0.3) is 0 Å². The number of rotatable bonds is 8. The first-order chi connectivity index (χ1) is 13.5. The summed E-state index contributed by atoms with van der Waals surface area (Å²) in [4.78, 5) is 24.2. The molecule has 1 aliphatic rings. The second-order valence-corrected chi connectivity index (χ2v) is 6.38. The van der Waals surface area contributed by atoms with E-state index in [2.05, 4.69) is 10.6 Å². The van der Waals surface area contributed by atoms with Crippen LogP contribution in [0.15, 0.2) is 42.5 Å². The van der Waals surface area contributed by atoms with Gasteiger partial charge in [-0.2, -0.15) is 0 Å². The van der Waals surface area contributed by atoms with Crippen LogP contribution >= 0.6 is 0 Å². The predicted octanol–water partition coefficient (Wildman–Crippen LogP) is 2.74. The lowest BCUT2D eigenvalue weighted by Crippen LogP contribution is -2.31. The Morgan fingerprint density at radius 1 is 1.00 bits per heavy atom. The number of hydrogen-bond acceptors (Lipinski definition) is 4. The first kappa shape index (κ1) is 19.6. The molecule has 2 N–H and O–H groups in total. The van der Waals surface area contributed by atoms with Gasteiger partial charge in [-0.05, 0) is 42.8 Å². The maximum atomic E-state index is 13.2. The number of ether oxygens (including phenoxy) is 2. The average molecular weight is 390 g/mol. The third-order valence-electron chi connectivity index (χ3n) is 4.38. The largest absolute Gasteiger partial charge is 0.497 e. The molecule has 2 atom stereocenters. The summed E-state index contributed by atoms with van der Waals surface area (Å²) in [7, 11) is 1.58. The van der Waals surface area contributed by atoms with Crippen LogP contribution in [0.5, 0.6) is 11.5 Å². The maximum Gasteiger partial charge on any atom is 0.228 e. The molecule has 0 aromatic heterocycles. The molecule has 2 amide bonds. The highest BCUT2D eigenvalue weighted by molar-refractivity contribution is 5.99. The Hall–Kier alpha value is -3.16. The van der Waals surface area contributed by atoms with Crippen molar-refractivity contribution in [3.8, 4) is 11.5 Å². The SMILES string of the molecule is COc1ccc(OCCNC(=O)C2CC2C(=O)Nc2ccc(F)c(F)c2)cc1. The number of carbonyl (C=O) groups is 2. The van der Waals surface area contributed by atoms with E-state index in [4.69, 9.17) is 9.47 Å². The van der Waals surface area contributed by atoms with Crippen molar-refractivity contribution in [3.63, 3.8) is 0 Å². The number of hydrogen-bond donors (Lipinski definition) is 2. The van der Waals surface area contributed by atoms with E-state index in [1.54, 1.807) is 31.4 Å². The molecule has 1 saturated carbocycles. The van der Waals surface area contributed by atoms with E-state index in [1.165, 1.54) is 6.07 Å². The molecule has 3 rings (SSSR count). The van der Waals surface area contributed by atoms with E-state index in [1.807, 2.05) is 0 Å². The molecule has 0 bridgehead atoms. The Balaban J connectivity index is 1.37. The monoisotopic (exact) mass is 390 g/mol. The van der Waals surface area contributed by atoms with Crippen molar-refractivity contribution in [1.29, 1.82) is 0 Å². The first-order valence-corrected chi connectivity index (χ1v) is 8.78. The second-order valence-electron chi connectivity index (χ2n) is 6.38. The Kier molecular flexibility index (Phi) is 6.08. The molecule has 0 heterocycles. The van der Waals surface area contributed by atoms with Gasteiger partial charge in [-0.15, -0.1) is 0 Å². The zero-order valence-electron chi connectivity index (χ0n) is 15.2. The van der Waals surface area contributed by atoms with Gasteiger partial charge in [0, 0.05) is 11.8 Å². The smallest absolute Gasteiger partial charge is 0.228 e. The fraction of sp³-hybridized carbons (Fsp3) is 0.300. The Morgan fingerprint density at radius 3 is 2.36 bits per heavy atom. The standard InChI is InChI=1S/C20H20F2N2O4/c1-27-13-3-5-14(6-4-13)28-9-8-23-19(25)15-11-16(15)20(26)24-12-2-7-17(21)18(22)10-12/h2-7,10,15-16H,8-9,11H2,1H3,(H,23,25)(H,24,26).